The highest BCUT2D eigenvalue weighted by molar-refractivity contribution is 5.83. The van der Waals surface area contributed by atoms with E-state index in [0.29, 0.717) is 0 Å². The Morgan fingerprint density at radius 3 is 2.26 bits per heavy atom. The quantitative estimate of drug-likeness (QED) is 0.572. The Kier molecular flexibility index (Phi) is 3.25. The van der Waals surface area contributed by atoms with Gasteiger partial charge in [0.05, 0.1) is 12.5 Å². The van der Waals surface area contributed by atoms with Gasteiger partial charge in [-0.3, -0.25) is 4.79 Å². The molecule has 0 saturated heterocycles. The average Bonchev–Trinajstić information content (AvgIpc) is 2.50. The number of ether oxygens (including phenoxy) is 1. The molecule has 0 radical (unpaired) electrons. The molecule has 0 saturated carbocycles. The van der Waals surface area contributed by atoms with E-state index in [1.165, 1.54) is 37.4 Å². The third kappa shape index (κ3) is 2.28. The summed E-state index contributed by atoms with van der Waals surface area (Å²) in [6.45, 7) is 0. The van der Waals surface area contributed by atoms with Crippen LogP contribution in [0, 0.1) is 0 Å². The Hall–Kier alpha value is -3.35. The van der Waals surface area contributed by atoms with Gasteiger partial charge in [0, 0.05) is 11.6 Å². The van der Waals surface area contributed by atoms with Gasteiger partial charge in [-0.15, -0.1) is 0 Å². The number of hydrogen-bond acceptors (Lipinski definition) is 7. The molecule has 0 atom stereocenters. The zero-order chi connectivity index (χ0) is 16.7. The van der Waals surface area contributed by atoms with Crippen LogP contribution in [0.25, 0.3) is 22.3 Å². The molecule has 118 valence electrons. The van der Waals surface area contributed by atoms with E-state index in [4.69, 9.17) is 9.15 Å². The lowest BCUT2D eigenvalue weighted by Crippen LogP contribution is -2.02. The van der Waals surface area contributed by atoms with Crippen LogP contribution in [-0.4, -0.2) is 27.5 Å². The summed E-state index contributed by atoms with van der Waals surface area (Å²) in [4.78, 5) is 12.2. The number of fused-ring (bicyclic) bond motifs is 1. The standard InChI is InChI=1S/C16H12O7/c1-22-16-10(18)4-7(5-11(16)19)15-14(21)13(20)9-3-2-8(17)6-12(9)23-15/h2-6,17-19,21H,1H3. The number of methoxy groups -OCH3 is 1. The van der Waals surface area contributed by atoms with Crippen LogP contribution in [0.4, 0.5) is 0 Å². The second-order valence-electron chi connectivity index (χ2n) is 4.84. The van der Waals surface area contributed by atoms with Gasteiger partial charge in [0.15, 0.2) is 17.3 Å². The molecule has 0 aliphatic carbocycles. The van der Waals surface area contributed by atoms with E-state index in [0.717, 1.165) is 0 Å². The summed E-state index contributed by atoms with van der Waals surface area (Å²) in [6, 6.07) is 6.19. The van der Waals surface area contributed by atoms with Gasteiger partial charge in [-0.05, 0) is 24.3 Å². The predicted molar refractivity (Wildman–Crippen MR) is 81.1 cm³/mol. The first-order chi connectivity index (χ1) is 10.9. The van der Waals surface area contributed by atoms with Crippen LogP contribution in [-0.2, 0) is 0 Å². The molecule has 0 aliphatic heterocycles. The fourth-order valence-corrected chi connectivity index (χ4v) is 2.31. The number of rotatable bonds is 2. The van der Waals surface area contributed by atoms with Crippen molar-refractivity contribution in [2.45, 2.75) is 0 Å². The van der Waals surface area contributed by atoms with E-state index in [9.17, 15) is 25.2 Å². The molecule has 4 N–H and O–H groups in total. The molecular formula is C16H12O7. The van der Waals surface area contributed by atoms with Crippen molar-refractivity contribution in [3.8, 4) is 40.1 Å². The first-order valence-corrected chi connectivity index (χ1v) is 6.51. The Morgan fingerprint density at radius 1 is 1.00 bits per heavy atom. The van der Waals surface area contributed by atoms with Crippen molar-refractivity contribution >= 4 is 11.0 Å². The summed E-state index contributed by atoms with van der Waals surface area (Å²) < 4.78 is 10.3. The first kappa shape index (κ1) is 14.6. The second-order valence-corrected chi connectivity index (χ2v) is 4.84. The number of phenolic OH excluding ortho intramolecular Hbond substituents is 3. The van der Waals surface area contributed by atoms with Crippen LogP contribution in [0.15, 0.2) is 39.5 Å². The van der Waals surface area contributed by atoms with Crippen LogP contribution in [0.3, 0.4) is 0 Å². The lowest BCUT2D eigenvalue weighted by atomic mass is 10.1. The van der Waals surface area contributed by atoms with E-state index in [-0.39, 0.29) is 45.3 Å². The second kappa shape index (κ2) is 5.13. The molecule has 0 unspecified atom stereocenters. The van der Waals surface area contributed by atoms with E-state index in [1.807, 2.05) is 0 Å². The van der Waals surface area contributed by atoms with Crippen molar-refractivity contribution < 1.29 is 29.6 Å². The highest BCUT2D eigenvalue weighted by Gasteiger charge is 2.19. The van der Waals surface area contributed by atoms with Gasteiger partial charge in [0.1, 0.15) is 11.3 Å². The topological polar surface area (TPSA) is 120 Å². The minimum Gasteiger partial charge on any atom is -0.508 e. The first-order valence-electron chi connectivity index (χ1n) is 6.51. The fraction of sp³-hybridized carbons (Fsp3) is 0.0625. The van der Waals surface area contributed by atoms with Crippen molar-refractivity contribution in [2.24, 2.45) is 0 Å². The Balaban J connectivity index is 2.32. The Labute approximate surface area is 129 Å². The monoisotopic (exact) mass is 316 g/mol. The summed E-state index contributed by atoms with van der Waals surface area (Å²) in [5.41, 5.74) is -0.575. The molecule has 2 aromatic carbocycles. The van der Waals surface area contributed by atoms with Crippen molar-refractivity contribution in [2.75, 3.05) is 7.11 Å². The molecule has 3 rings (SSSR count). The highest BCUT2D eigenvalue weighted by atomic mass is 16.5. The number of aromatic hydroxyl groups is 4. The molecule has 0 fully saturated rings. The van der Waals surface area contributed by atoms with Crippen molar-refractivity contribution in [3.63, 3.8) is 0 Å². The minimum absolute atomic E-state index is 0.0533. The third-order valence-electron chi connectivity index (χ3n) is 3.37. The SMILES string of the molecule is COc1c(O)cc(-c2oc3cc(O)ccc3c(=O)c2O)cc1O. The molecular weight excluding hydrogens is 304 g/mol. The maximum atomic E-state index is 12.2. The largest absolute Gasteiger partial charge is 0.508 e. The maximum absolute atomic E-state index is 12.2. The van der Waals surface area contributed by atoms with Crippen LogP contribution < -0.4 is 10.2 Å². The van der Waals surface area contributed by atoms with Gasteiger partial charge < -0.3 is 29.6 Å². The molecule has 1 aromatic heterocycles. The van der Waals surface area contributed by atoms with Gasteiger partial charge in [-0.2, -0.15) is 0 Å². The lowest BCUT2D eigenvalue weighted by molar-refractivity contribution is 0.344. The summed E-state index contributed by atoms with van der Waals surface area (Å²) in [6.07, 6.45) is 0. The zero-order valence-corrected chi connectivity index (χ0v) is 11.9. The summed E-state index contributed by atoms with van der Waals surface area (Å²) >= 11 is 0. The fourth-order valence-electron chi connectivity index (χ4n) is 2.31. The molecule has 3 aromatic rings. The number of benzene rings is 2. The van der Waals surface area contributed by atoms with E-state index in [2.05, 4.69) is 0 Å². The Morgan fingerprint density at radius 2 is 1.65 bits per heavy atom. The molecule has 7 heteroatoms. The molecule has 1 heterocycles. The molecule has 0 amide bonds. The van der Waals surface area contributed by atoms with Crippen molar-refractivity contribution in [3.05, 3.63) is 40.6 Å². The molecule has 0 spiro atoms. The van der Waals surface area contributed by atoms with Crippen LogP contribution in [0.1, 0.15) is 0 Å². The summed E-state index contributed by atoms with van der Waals surface area (Å²) in [5.74, 6) is -1.96. The third-order valence-corrected chi connectivity index (χ3v) is 3.37. The summed E-state index contributed by atoms with van der Waals surface area (Å²) in [7, 11) is 1.27. The van der Waals surface area contributed by atoms with E-state index in [1.54, 1.807) is 0 Å². The normalized spacial score (nSPS) is 10.8. The lowest BCUT2D eigenvalue weighted by Gasteiger charge is -2.10. The molecule has 23 heavy (non-hydrogen) atoms. The predicted octanol–water partition coefficient (Wildman–Crippen LogP) is 2.29. The van der Waals surface area contributed by atoms with E-state index < -0.39 is 11.2 Å². The van der Waals surface area contributed by atoms with Crippen molar-refractivity contribution in [1.29, 1.82) is 0 Å². The van der Waals surface area contributed by atoms with Crippen LogP contribution in [0.2, 0.25) is 0 Å². The number of hydrogen-bond donors (Lipinski definition) is 4. The molecule has 7 nitrogen and oxygen atoms in total. The van der Waals surface area contributed by atoms with Gasteiger partial charge in [0.2, 0.25) is 16.9 Å². The van der Waals surface area contributed by atoms with Gasteiger partial charge in [-0.25, -0.2) is 0 Å². The highest BCUT2D eigenvalue weighted by Crippen LogP contribution is 2.41. The van der Waals surface area contributed by atoms with Crippen LogP contribution >= 0.6 is 0 Å². The van der Waals surface area contributed by atoms with Gasteiger partial charge in [-0.1, -0.05) is 0 Å². The van der Waals surface area contributed by atoms with Crippen LogP contribution in [0.5, 0.6) is 28.7 Å². The van der Waals surface area contributed by atoms with Gasteiger partial charge >= 0.3 is 0 Å². The van der Waals surface area contributed by atoms with E-state index >= 15 is 0 Å². The zero-order valence-electron chi connectivity index (χ0n) is 11.9. The average molecular weight is 316 g/mol. The van der Waals surface area contributed by atoms with Crippen molar-refractivity contribution in [1.82, 2.24) is 0 Å². The maximum Gasteiger partial charge on any atom is 0.235 e. The smallest absolute Gasteiger partial charge is 0.235 e. The van der Waals surface area contributed by atoms with Gasteiger partial charge in [0.25, 0.3) is 0 Å². The molecule has 0 bridgehead atoms. The minimum atomic E-state index is -0.698. The molecule has 0 aliphatic rings. The number of phenols is 3. The Bertz CT molecular complexity index is 949. The summed E-state index contributed by atoms with van der Waals surface area (Å²) in [5, 5.41) is 39.3.